The zero-order valence-corrected chi connectivity index (χ0v) is 14.6. The summed E-state index contributed by atoms with van der Waals surface area (Å²) in [6.45, 7) is 1.49. The van der Waals surface area contributed by atoms with Crippen molar-refractivity contribution in [2.75, 3.05) is 5.75 Å². The van der Waals surface area contributed by atoms with Crippen molar-refractivity contribution in [3.63, 3.8) is 0 Å². The lowest BCUT2D eigenvalue weighted by molar-refractivity contribution is -0.125. The van der Waals surface area contributed by atoms with Crippen LogP contribution in [-0.2, 0) is 16.0 Å². The quantitative estimate of drug-likeness (QED) is 0.660. The largest absolute Gasteiger partial charge is 0.431 e. The maximum atomic E-state index is 12.2. The lowest BCUT2D eigenvalue weighted by Crippen LogP contribution is -2.42. The van der Waals surface area contributed by atoms with Gasteiger partial charge in [0, 0.05) is 0 Å². The van der Waals surface area contributed by atoms with Crippen molar-refractivity contribution < 1.29 is 14.0 Å². The first-order valence-electron chi connectivity index (χ1n) is 7.94. The number of para-hydroxylation sites is 2. The van der Waals surface area contributed by atoms with E-state index in [0.717, 1.165) is 11.1 Å². The van der Waals surface area contributed by atoms with Crippen LogP contribution < -0.4 is 5.32 Å². The minimum absolute atomic E-state index is 0.0657. The Labute approximate surface area is 149 Å². The summed E-state index contributed by atoms with van der Waals surface area (Å²) < 4.78 is 5.57. The normalized spacial score (nSPS) is 12.0. The highest BCUT2D eigenvalue weighted by Crippen LogP contribution is 2.22. The molecule has 0 fully saturated rings. The standard InChI is InChI=1S/C19H18N2O3S/c1-13(22)16(11-14-7-3-2-4-8-14)20-18(23)12-25-19-21-15-9-5-6-10-17(15)24-19/h2-10,16H,11-12H2,1H3,(H,20,23). The third-order valence-corrected chi connectivity index (χ3v) is 4.54. The van der Waals surface area contributed by atoms with Crippen molar-refractivity contribution in [3.8, 4) is 0 Å². The molecule has 2 aromatic carbocycles. The second kappa shape index (κ2) is 7.98. The van der Waals surface area contributed by atoms with E-state index in [2.05, 4.69) is 10.3 Å². The van der Waals surface area contributed by atoms with Gasteiger partial charge in [0.25, 0.3) is 5.22 Å². The fraction of sp³-hybridized carbons (Fsp3) is 0.211. The lowest BCUT2D eigenvalue weighted by atomic mass is 10.0. The first-order chi connectivity index (χ1) is 12.1. The number of rotatable bonds is 7. The van der Waals surface area contributed by atoms with Gasteiger partial charge in [0.05, 0.1) is 11.8 Å². The number of Topliss-reactive ketones (excluding diaryl/α,β-unsaturated/α-hetero) is 1. The Morgan fingerprint density at radius 1 is 1.12 bits per heavy atom. The predicted octanol–water partition coefficient (Wildman–Crippen LogP) is 3.24. The average Bonchev–Trinajstić information content (AvgIpc) is 3.03. The molecule has 0 bridgehead atoms. The molecule has 0 spiro atoms. The number of aromatic nitrogens is 1. The highest BCUT2D eigenvalue weighted by atomic mass is 32.2. The van der Waals surface area contributed by atoms with Gasteiger partial charge < -0.3 is 9.73 Å². The van der Waals surface area contributed by atoms with Gasteiger partial charge in [-0.2, -0.15) is 0 Å². The zero-order valence-electron chi connectivity index (χ0n) is 13.8. The van der Waals surface area contributed by atoms with Crippen molar-refractivity contribution in [2.45, 2.75) is 24.6 Å². The number of hydrogen-bond donors (Lipinski definition) is 1. The number of thioether (sulfide) groups is 1. The molecule has 128 valence electrons. The van der Waals surface area contributed by atoms with E-state index < -0.39 is 6.04 Å². The van der Waals surface area contributed by atoms with Crippen molar-refractivity contribution in [1.29, 1.82) is 0 Å². The molecule has 6 heteroatoms. The Morgan fingerprint density at radius 3 is 2.56 bits per heavy atom. The third-order valence-electron chi connectivity index (χ3n) is 3.71. The predicted molar refractivity (Wildman–Crippen MR) is 97.5 cm³/mol. The van der Waals surface area contributed by atoms with Crippen LogP contribution in [-0.4, -0.2) is 28.5 Å². The van der Waals surface area contributed by atoms with Crippen LogP contribution in [0.25, 0.3) is 11.1 Å². The van der Waals surface area contributed by atoms with Gasteiger partial charge >= 0.3 is 0 Å². The average molecular weight is 354 g/mol. The molecule has 1 atom stereocenters. The highest BCUT2D eigenvalue weighted by Gasteiger charge is 2.18. The van der Waals surface area contributed by atoms with E-state index in [1.807, 2.05) is 54.6 Å². The Bertz CT molecular complexity index is 844. The van der Waals surface area contributed by atoms with Crippen molar-refractivity contribution in [1.82, 2.24) is 10.3 Å². The van der Waals surface area contributed by atoms with Crippen molar-refractivity contribution in [2.24, 2.45) is 0 Å². The summed E-state index contributed by atoms with van der Waals surface area (Å²) in [5, 5.41) is 3.23. The molecule has 1 aromatic heterocycles. The van der Waals surface area contributed by atoms with Crippen LogP contribution in [0.5, 0.6) is 0 Å². The molecule has 0 aliphatic rings. The van der Waals surface area contributed by atoms with Crippen LogP contribution in [0.2, 0.25) is 0 Å². The van der Waals surface area contributed by atoms with E-state index in [1.165, 1.54) is 18.7 Å². The summed E-state index contributed by atoms with van der Waals surface area (Å²) in [7, 11) is 0. The summed E-state index contributed by atoms with van der Waals surface area (Å²) in [4.78, 5) is 28.3. The van der Waals surface area contributed by atoms with Crippen LogP contribution in [0.4, 0.5) is 0 Å². The monoisotopic (exact) mass is 354 g/mol. The molecular formula is C19H18N2O3S. The van der Waals surface area contributed by atoms with Crippen LogP contribution in [0, 0.1) is 0 Å². The van der Waals surface area contributed by atoms with Gasteiger partial charge in [-0.05, 0) is 31.0 Å². The van der Waals surface area contributed by atoms with Crippen molar-refractivity contribution in [3.05, 3.63) is 60.2 Å². The number of nitrogens with zero attached hydrogens (tertiary/aromatic N) is 1. The Hall–Kier alpha value is -2.60. The summed E-state index contributed by atoms with van der Waals surface area (Å²) in [5.74, 6) is -0.141. The fourth-order valence-electron chi connectivity index (χ4n) is 2.42. The lowest BCUT2D eigenvalue weighted by Gasteiger charge is -2.15. The summed E-state index contributed by atoms with van der Waals surface area (Å²) in [6.07, 6.45) is 0.482. The summed E-state index contributed by atoms with van der Waals surface area (Å²) in [5.41, 5.74) is 2.46. The maximum absolute atomic E-state index is 12.2. The summed E-state index contributed by atoms with van der Waals surface area (Å²) >= 11 is 1.21. The van der Waals surface area contributed by atoms with Gasteiger partial charge in [0.1, 0.15) is 5.52 Å². The topological polar surface area (TPSA) is 72.2 Å². The second-order valence-corrected chi connectivity index (χ2v) is 6.58. The first-order valence-corrected chi connectivity index (χ1v) is 8.92. The van der Waals surface area contributed by atoms with Gasteiger partial charge in [-0.15, -0.1) is 0 Å². The number of amides is 1. The molecule has 1 unspecified atom stereocenters. The molecule has 25 heavy (non-hydrogen) atoms. The fourth-order valence-corrected chi connectivity index (χ4v) is 3.07. The van der Waals surface area contributed by atoms with Gasteiger partial charge in [-0.3, -0.25) is 9.59 Å². The van der Waals surface area contributed by atoms with Gasteiger partial charge in [-0.25, -0.2) is 4.98 Å². The molecule has 1 amide bonds. The number of hydrogen-bond acceptors (Lipinski definition) is 5. The molecule has 0 aliphatic carbocycles. The molecular weight excluding hydrogens is 336 g/mol. The molecule has 3 rings (SSSR count). The minimum atomic E-state index is -0.529. The number of nitrogens with one attached hydrogen (secondary N) is 1. The molecule has 1 heterocycles. The zero-order chi connectivity index (χ0) is 17.6. The molecule has 0 saturated carbocycles. The smallest absolute Gasteiger partial charge is 0.257 e. The molecule has 0 aliphatic heterocycles. The van der Waals surface area contributed by atoms with Gasteiger partial charge in [0.2, 0.25) is 5.91 Å². The van der Waals surface area contributed by atoms with Crippen LogP contribution in [0.1, 0.15) is 12.5 Å². The summed E-state index contributed by atoms with van der Waals surface area (Å²) in [6, 6.07) is 16.5. The second-order valence-electron chi connectivity index (χ2n) is 5.66. The number of benzene rings is 2. The molecule has 5 nitrogen and oxygen atoms in total. The number of carbonyl (C=O) groups excluding carboxylic acids is 2. The van der Waals surface area contributed by atoms with Gasteiger partial charge in [0.15, 0.2) is 11.4 Å². The molecule has 0 saturated heterocycles. The van der Waals surface area contributed by atoms with Crippen LogP contribution in [0.15, 0.2) is 64.2 Å². The number of fused-ring (bicyclic) bond motifs is 1. The van der Waals surface area contributed by atoms with E-state index in [-0.39, 0.29) is 17.4 Å². The number of oxazole rings is 1. The molecule has 3 aromatic rings. The van der Waals surface area contributed by atoms with Crippen LogP contribution in [0.3, 0.4) is 0 Å². The Kier molecular flexibility index (Phi) is 5.50. The third kappa shape index (κ3) is 4.70. The van der Waals surface area contributed by atoms with E-state index in [4.69, 9.17) is 4.42 Å². The van der Waals surface area contributed by atoms with E-state index in [9.17, 15) is 9.59 Å². The molecule has 1 N–H and O–H groups in total. The number of ketones is 1. The van der Waals surface area contributed by atoms with E-state index >= 15 is 0 Å². The van der Waals surface area contributed by atoms with E-state index in [1.54, 1.807) is 0 Å². The number of carbonyl (C=O) groups is 2. The van der Waals surface area contributed by atoms with Gasteiger partial charge in [-0.1, -0.05) is 54.2 Å². The SMILES string of the molecule is CC(=O)C(Cc1ccccc1)NC(=O)CSc1nc2ccccc2o1. The maximum Gasteiger partial charge on any atom is 0.257 e. The van der Waals surface area contributed by atoms with E-state index in [0.29, 0.717) is 17.2 Å². The Balaban J connectivity index is 1.57. The van der Waals surface area contributed by atoms with Crippen molar-refractivity contribution >= 4 is 34.6 Å². The van der Waals surface area contributed by atoms with Crippen LogP contribution >= 0.6 is 11.8 Å². The minimum Gasteiger partial charge on any atom is -0.431 e. The molecule has 0 radical (unpaired) electrons. The Morgan fingerprint density at radius 2 is 1.84 bits per heavy atom. The highest BCUT2D eigenvalue weighted by molar-refractivity contribution is 7.99. The first kappa shape index (κ1) is 17.2.